The lowest BCUT2D eigenvalue weighted by atomic mass is 9.87. The molecular weight excluding hydrogens is 286 g/mol. The van der Waals surface area contributed by atoms with E-state index in [2.05, 4.69) is 12.2 Å². The SMILES string of the molecule is CC1CCCC(NCC(O)c2ccc(S(C)(=O)=O)cc2)C1. The van der Waals surface area contributed by atoms with Crippen LogP contribution in [0, 0.1) is 5.92 Å². The Morgan fingerprint density at radius 1 is 1.29 bits per heavy atom. The minimum atomic E-state index is -3.18. The molecule has 0 saturated heterocycles. The standard InChI is InChI=1S/C16H25NO3S/c1-12-4-3-5-14(10-12)17-11-16(18)13-6-8-15(9-7-13)21(2,19)20/h6-9,12,14,16-18H,3-5,10-11H2,1-2H3. The Balaban J connectivity index is 1.89. The molecule has 1 saturated carbocycles. The van der Waals surface area contributed by atoms with Gasteiger partial charge >= 0.3 is 0 Å². The van der Waals surface area contributed by atoms with E-state index >= 15 is 0 Å². The van der Waals surface area contributed by atoms with Crippen LogP contribution in [0.3, 0.4) is 0 Å². The van der Waals surface area contributed by atoms with Crippen LogP contribution in [-0.2, 0) is 9.84 Å². The van der Waals surface area contributed by atoms with Crippen molar-refractivity contribution in [1.29, 1.82) is 0 Å². The lowest BCUT2D eigenvalue weighted by Gasteiger charge is -2.28. The maximum absolute atomic E-state index is 11.4. The summed E-state index contributed by atoms with van der Waals surface area (Å²) in [6.45, 7) is 2.78. The highest BCUT2D eigenvalue weighted by molar-refractivity contribution is 7.90. The maximum atomic E-state index is 11.4. The molecule has 1 aliphatic carbocycles. The zero-order chi connectivity index (χ0) is 15.5. The van der Waals surface area contributed by atoms with Gasteiger partial charge in [0.2, 0.25) is 0 Å². The van der Waals surface area contributed by atoms with Gasteiger partial charge in [-0.2, -0.15) is 0 Å². The largest absolute Gasteiger partial charge is 0.387 e. The van der Waals surface area contributed by atoms with Crippen molar-refractivity contribution in [3.05, 3.63) is 29.8 Å². The average molecular weight is 311 g/mol. The van der Waals surface area contributed by atoms with E-state index in [9.17, 15) is 13.5 Å². The normalized spacial score (nSPS) is 24.7. The molecule has 0 bridgehead atoms. The zero-order valence-corrected chi connectivity index (χ0v) is 13.6. The Morgan fingerprint density at radius 3 is 2.52 bits per heavy atom. The van der Waals surface area contributed by atoms with Gasteiger partial charge in [-0.15, -0.1) is 0 Å². The molecule has 2 N–H and O–H groups in total. The first-order chi connectivity index (χ1) is 9.86. The molecule has 0 aromatic heterocycles. The molecule has 1 aromatic rings. The van der Waals surface area contributed by atoms with Gasteiger partial charge in [-0.3, -0.25) is 0 Å². The number of benzene rings is 1. The second-order valence-corrected chi connectivity index (χ2v) is 8.25. The predicted octanol–water partition coefficient (Wildman–Crippen LogP) is 2.29. The van der Waals surface area contributed by atoms with Crippen LogP contribution in [0.15, 0.2) is 29.2 Å². The van der Waals surface area contributed by atoms with E-state index < -0.39 is 15.9 Å². The van der Waals surface area contributed by atoms with Gasteiger partial charge in [0.25, 0.3) is 0 Å². The van der Waals surface area contributed by atoms with E-state index in [1.54, 1.807) is 24.3 Å². The van der Waals surface area contributed by atoms with Gasteiger partial charge in [-0.1, -0.05) is 31.9 Å². The zero-order valence-electron chi connectivity index (χ0n) is 12.7. The highest BCUT2D eigenvalue weighted by atomic mass is 32.2. The molecule has 1 aliphatic rings. The first kappa shape index (κ1) is 16.5. The minimum absolute atomic E-state index is 0.285. The van der Waals surface area contributed by atoms with Crippen molar-refractivity contribution in [2.75, 3.05) is 12.8 Å². The summed E-state index contributed by atoms with van der Waals surface area (Å²) in [6.07, 6.45) is 5.47. The molecule has 5 heteroatoms. The molecule has 1 fully saturated rings. The summed E-state index contributed by atoms with van der Waals surface area (Å²) in [4.78, 5) is 0.285. The van der Waals surface area contributed by atoms with Crippen molar-refractivity contribution in [3.8, 4) is 0 Å². The molecule has 2 rings (SSSR count). The highest BCUT2D eigenvalue weighted by Crippen LogP contribution is 2.24. The van der Waals surface area contributed by atoms with Crippen molar-refractivity contribution in [1.82, 2.24) is 5.32 Å². The lowest BCUT2D eigenvalue weighted by Crippen LogP contribution is -2.36. The number of aliphatic hydroxyl groups is 1. The smallest absolute Gasteiger partial charge is 0.175 e. The Hall–Kier alpha value is -0.910. The Morgan fingerprint density at radius 2 is 1.95 bits per heavy atom. The summed E-state index contributed by atoms with van der Waals surface area (Å²) < 4.78 is 22.8. The van der Waals surface area contributed by atoms with E-state index in [0.29, 0.717) is 12.6 Å². The van der Waals surface area contributed by atoms with E-state index in [4.69, 9.17) is 0 Å². The summed E-state index contributed by atoms with van der Waals surface area (Å²) in [5.74, 6) is 0.752. The fourth-order valence-corrected chi connectivity index (χ4v) is 3.58. The summed E-state index contributed by atoms with van der Waals surface area (Å²) in [5.41, 5.74) is 0.749. The van der Waals surface area contributed by atoms with Gasteiger partial charge in [0, 0.05) is 18.8 Å². The molecule has 21 heavy (non-hydrogen) atoms. The number of hydrogen-bond acceptors (Lipinski definition) is 4. The second kappa shape index (κ2) is 6.90. The second-order valence-electron chi connectivity index (χ2n) is 6.23. The number of nitrogens with one attached hydrogen (secondary N) is 1. The van der Waals surface area contributed by atoms with Crippen molar-refractivity contribution in [2.45, 2.75) is 49.6 Å². The minimum Gasteiger partial charge on any atom is -0.387 e. The molecule has 0 heterocycles. The Labute approximate surface area is 127 Å². The van der Waals surface area contributed by atoms with E-state index in [-0.39, 0.29) is 4.90 Å². The number of sulfone groups is 1. The molecule has 0 spiro atoms. The lowest BCUT2D eigenvalue weighted by molar-refractivity contribution is 0.162. The van der Waals surface area contributed by atoms with Crippen LogP contribution in [0.2, 0.25) is 0 Å². The van der Waals surface area contributed by atoms with Gasteiger partial charge in [0.1, 0.15) is 0 Å². The Bertz CT molecular complexity index is 553. The summed E-state index contributed by atoms with van der Waals surface area (Å²) in [7, 11) is -3.18. The van der Waals surface area contributed by atoms with Gasteiger partial charge in [0.15, 0.2) is 9.84 Å². The monoisotopic (exact) mass is 311 g/mol. The number of hydrogen-bond donors (Lipinski definition) is 2. The number of aliphatic hydroxyl groups excluding tert-OH is 1. The van der Waals surface area contributed by atoms with Crippen molar-refractivity contribution in [3.63, 3.8) is 0 Å². The molecule has 0 radical (unpaired) electrons. The van der Waals surface area contributed by atoms with Crippen LogP contribution in [0.25, 0.3) is 0 Å². The van der Waals surface area contributed by atoms with E-state index in [1.165, 1.54) is 31.9 Å². The highest BCUT2D eigenvalue weighted by Gasteiger charge is 2.19. The molecule has 1 aromatic carbocycles. The van der Waals surface area contributed by atoms with Gasteiger partial charge < -0.3 is 10.4 Å². The first-order valence-electron chi connectivity index (χ1n) is 7.57. The summed E-state index contributed by atoms with van der Waals surface area (Å²) >= 11 is 0. The van der Waals surface area contributed by atoms with Crippen LogP contribution in [0.4, 0.5) is 0 Å². The predicted molar refractivity (Wildman–Crippen MR) is 83.9 cm³/mol. The molecular formula is C16H25NO3S. The van der Waals surface area contributed by atoms with E-state index in [0.717, 1.165) is 11.5 Å². The quantitative estimate of drug-likeness (QED) is 0.875. The van der Waals surface area contributed by atoms with Gasteiger partial charge in [-0.25, -0.2) is 8.42 Å². The van der Waals surface area contributed by atoms with Crippen LogP contribution in [0.5, 0.6) is 0 Å². The topological polar surface area (TPSA) is 66.4 Å². The first-order valence-corrected chi connectivity index (χ1v) is 9.47. The van der Waals surface area contributed by atoms with E-state index in [1.807, 2.05) is 0 Å². The molecule has 3 atom stereocenters. The van der Waals surface area contributed by atoms with Crippen molar-refractivity contribution >= 4 is 9.84 Å². The van der Waals surface area contributed by atoms with Gasteiger partial charge in [-0.05, 0) is 36.5 Å². The maximum Gasteiger partial charge on any atom is 0.175 e. The summed E-state index contributed by atoms with van der Waals surface area (Å²) in [6, 6.07) is 6.96. The Kier molecular flexibility index (Phi) is 5.41. The fourth-order valence-electron chi connectivity index (χ4n) is 2.95. The third kappa shape index (κ3) is 4.80. The molecule has 0 amide bonds. The van der Waals surface area contributed by atoms with Gasteiger partial charge in [0.05, 0.1) is 11.0 Å². The van der Waals surface area contributed by atoms with Crippen LogP contribution >= 0.6 is 0 Å². The van der Waals surface area contributed by atoms with Crippen molar-refractivity contribution in [2.24, 2.45) is 5.92 Å². The molecule has 118 valence electrons. The molecule has 4 nitrogen and oxygen atoms in total. The van der Waals surface area contributed by atoms with Crippen LogP contribution in [0.1, 0.15) is 44.3 Å². The van der Waals surface area contributed by atoms with Crippen molar-refractivity contribution < 1.29 is 13.5 Å². The molecule has 0 aliphatic heterocycles. The summed E-state index contributed by atoms with van der Waals surface area (Å²) in [5, 5.41) is 13.6. The number of rotatable bonds is 5. The fraction of sp³-hybridized carbons (Fsp3) is 0.625. The van der Waals surface area contributed by atoms with Crippen LogP contribution in [-0.4, -0.2) is 32.4 Å². The average Bonchev–Trinajstić information content (AvgIpc) is 2.44. The third-order valence-corrected chi connectivity index (χ3v) is 5.36. The third-order valence-electron chi connectivity index (χ3n) is 4.23. The molecule has 3 unspecified atom stereocenters. The van der Waals surface area contributed by atoms with Crippen LogP contribution < -0.4 is 5.32 Å².